The minimum Gasteiger partial charge on any atom is -0.496 e. The Labute approximate surface area is 139 Å². The summed E-state index contributed by atoms with van der Waals surface area (Å²) in [7, 11) is 1.64. The SMILES string of the molecule is CCC(CN1CCOCC1)NC(=O)Cc1cc(C)ccc1OC. The lowest BCUT2D eigenvalue weighted by molar-refractivity contribution is -0.121. The van der Waals surface area contributed by atoms with Crippen LogP contribution in [0.25, 0.3) is 0 Å². The number of carbonyl (C=O) groups excluding carboxylic acids is 1. The zero-order chi connectivity index (χ0) is 16.7. The number of hydrogen-bond donors (Lipinski definition) is 1. The number of hydrogen-bond acceptors (Lipinski definition) is 4. The number of carbonyl (C=O) groups is 1. The number of benzene rings is 1. The lowest BCUT2D eigenvalue weighted by atomic mass is 10.1. The predicted molar refractivity (Wildman–Crippen MR) is 90.9 cm³/mol. The van der Waals surface area contributed by atoms with Crippen LogP contribution in [-0.4, -0.2) is 56.8 Å². The van der Waals surface area contributed by atoms with Crippen molar-refractivity contribution in [2.24, 2.45) is 0 Å². The molecule has 0 spiro atoms. The molecule has 0 aromatic heterocycles. The Bertz CT molecular complexity index is 513. The third kappa shape index (κ3) is 5.52. The quantitative estimate of drug-likeness (QED) is 0.832. The van der Waals surface area contributed by atoms with E-state index in [1.807, 2.05) is 25.1 Å². The molecule has 128 valence electrons. The summed E-state index contributed by atoms with van der Waals surface area (Å²) in [5.41, 5.74) is 2.07. The van der Waals surface area contributed by atoms with Gasteiger partial charge in [0.25, 0.3) is 0 Å². The summed E-state index contributed by atoms with van der Waals surface area (Å²) in [5, 5.41) is 3.16. The number of methoxy groups -OCH3 is 1. The van der Waals surface area contributed by atoms with Crippen LogP contribution in [0.1, 0.15) is 24.5 Å². The van der Waals surface area contributed by atoms with E-state index in [-0.39, 0.29) is 11.9 Å². The van der Waals surface area contributed by atoms with Gasteiger partial charge in [0, 0.05) is 31.2 Å². The molecular formula is C18H28N2O3. The van der Waals surface area contributed by atoms with E-state index in [0.29, 0.717) is 6.42 Å². The van der Waals surface area contributed by atoms with Gasteiger partial charge >= 0.3 is 0 Å². The fraction of sp³-hybridized carbons (Fsp3) is 0.611. The Morgan fingerprint density at radius 2 is 2.13 bits per heavy atom. The van der Waals surface area contributed by atoms with Crippen LogP contribution in [0.2, 0.25) is 0 Å². The average molecular weight is 320 g/mol. The maximum Gasteiger partial charge on any atom is 0.224 e. The van der Waals surface area contributed by atoms with E-state index in [9.17, 15) is 4.79 Å². The summed E-state index contributed by atoms with van der Waals surface area (Å²) < 4.78 is 10.7. The van der Waals surface area contributed by atoms with E-state index < -0.39 is 0 Å². The highest BCUT2D eigenvalue weighted by Gasteiger charge is 2.18. The van der Waals surface area contributed by atoms with Gasteiger partial charge in [-0.1, -0.05) is 24.6 Å². The van der Waals surface area contributed by atoms with E-state index in [4.69, 9.17) is 9.47 Å². The number of rotatable bonds is 7. The molecule has 0 bridgehead atoms. The minimum atomic E-state index is 0.0500. The second kappa shape index (κ2) is 8.89. The largest absolute Gasteiger partial charge is 0.496 e. The maximum atomic E-state index is 12.4. The first-order valence-electron chi connectivity index (χ1n) is 8.35. The predicted octanol–water partition coefficient (Wildman–Crippen LogP) is 1.77. The molecule has 1 unspecified atom stereocenters. The van der Waals surface area contributed by atoms with Crippen LogP contribution in [0.15, 0.2) is 18.2 Å². The first-order chi connectivity index (χ1) is 11.1. The lowest BCUT2D eigenvalue weighted by Crippen LogP contribution is -2.47. The van der Waals surface area contributed by atoms with E-state index >= 15 is 0 Å². The van der Waals surface area contributed by atoms with Crippen LogP contribution < -0.4 is 10.1 Å². The van der Waals surface area contributed by atoms with Crippen LogP contribution >= 0.6 is 0 Å². The summed E-state index contributed by atoms with van der Waals surface area (Å²) in [4.78, 5) is 14.7. The van der Waals surface area contributed by atoms with Gasteiger partial charge in [-0.05, 0) is 19.4 Å². The number of aryl methyl sites for hydroxylation is 1. The Balaban J connectivity index is 1.90. The molecule has 1 heterocycles. The molecule has 1 aliphatic rings. The monoisotopic (exact) mass is 320 g/mol. The minimum absolute atomic E-state index is 0.0500. The van der Waals surface area contributed by atoms with Crippen LogP contribution in [0.3, 0.4) is 0 Å². The normalized spacial score (nSPS) is 16.8. The highest BCUT2D eigenvalue weighted by atomic mass is 16.5. The first kappa shape index (κ1) is 17.8. The Morgan fingerprint density at radius 3 is 2.78 bits per heavy atom. The Hall–Kier alpha value is -1.59. The van der Waals surface area contributed by atoms with Gasteiger partial charge in [-0.2, -0.15) is 0 Å². The highest BCUT2D eigenvalue weighted by Crippen LogP contribution is 2.20. The maximum absolute atomic E-state index is 12.4. The molecule has 1 N–H and O–H groups in total. The lowest BCUT2D eigenvalue weighted by Gasteiger charge is -2.30. The van der Waals surface area contributed by atoms with E-state index in [2.05, 4.69) is 17.1 Å². The number of morpholine rings is 1. The standard InChI is InChI=1S/C18H28N2O3/c1-4-16(13-20-7-9-23-10-8-20)19-18(21)12-15-11-14(2)5-6-17(15)22-3/h5-6,11,16H,4,7-10,12-13H2,1-3H3,(H,19,21). The van der Waals surface area contributed by atoms with Crippen LogP contribution in [-0.2, 0) is 16.0 Å². The van der Waals surface area contributed by atoms with Crippen molar-refractivity contribution in [3.05, 3.63) is 29.3 Å². The molecule has 2 rings (SSSR count). The fourth-order valence-electron chi connectivity index (χ4n) is 2.87. The molecule has 23 heavy (non-hydrogen) atoms. The van der Waals surface area contributed by atoms with Crippen molar-refractivity contribution in [3.63, 3.8) is 0 Å². The van der Waals surface area contributed by atoms with Crippen molar-refractivity contribution in [2.75, 3.05) is 40.0 Å². The van der Waals surface area contributed by atoms with Crippen molar-refractivity contribution < 1.29 is 14.3 Å². The van der Waals surface area contributed by atoms with Gasteiger partial charge in [0.1, 0.15) is 5.75 Å². The summed E-state index contributed by atoms with van der Waals surface area (Å²) in [5.74, 6) is 0.820. The highest BCUT2D eigenvalue weighted by molar-refractivity contribution is 5.79. The van der Waals surface area contributed by atoms with Gasteiger partial charge in [-0.25, -0.2) is 0 Å². The summed E-state index contributed by atoms with van der Waals surface area (Å²) in [6.07, 6.45) is 1.28. The molecule has 1 aromatic rings. The smallest absolute Gasteiger partial charge is 0.224 e. The van der Waals surface area contributed by atoms with Crippen molar-refractivity contribution in [3.8, 4) is 5.75 Å². The van der Waals surface area contributed by atoms with Gasteiger partial charge < -0.3 is 14.8 Å². The first-order valence-corrected chi connectivity index (χ1v) is 8.35. The topological polar surface area (TPSA) is 50.8 Å². The van der Waals surface area contributed by atoms with E-state index in [1.165, 1.54) is 0 Å². The number of nitrogens with one attached hydrogen (secondary N) is 1. The molecule has 0 saturated carbocycles. The molecule has 0 aliphatic carbocycles. The van der Waals surface area contributed by atoms with Crippen molar-refractivity contribution in [1.82, 2.24) is 10.2 Å². The number of ether oxygens (including phenoxy) is 2. The second-order valence-corrected chi connectivity index (χ2v) is 6.08. The number of amides is 1. The molecule has 1 aliphatic heterocycles. The van der Waals surface area contributed by atoms with Gasteiger partial charge in [-0.3, -0.25) is 9.69 Å². The van der Waals surface area contributed by atoms with Gasteiger partial charge in [0.15, 0.2) is 0 Å². The molecule has 1 aromatic carbocycles. The summed E-state index contributed by atoms with van der Waals surface area (Å²) in [6, 6.07) is 6.11. The van der Waals surface area contributed by atoms with Crippen molar-refractivity contribution in [2.45, 2.75) is 32.7 Å². The van der Waals surface area contributed by atoms with E-state index in [0.717, 1.165) is 56.1 Å². The number of nitrogens with zero attached hydrogens (tertiary/aromatic N) is 1. The van der Waals surface area contributed by atoms with Crippen molar-refractivity contribution in [1.29, 1.82) is 0 Å². The van der Waals surface area contributed by atoms with Gasteiger partial charge in [0.05, 0.1) is 26.7 Å². The van der Waals surface area contributed by atoms with Crippen LogP contribution in [0.5, 0.6) is 5.75 Å². The van der Waals surface area contributed by atoms with Gasteiger partial charge in [0.2, 0.25) is 5.91 Å². The zero-order valence-corrected chi connectivity index (χ0v) is 14.4. The van der Waals surface area contributed by atoms with Gasteiger partial charge in [-0.15, -0.1) is 0 Å². The Morgan fingerprint density at radius 1 is 1.39 bits per heavy atom. The summed E-state index contributed by atoms with van der Waals surface area (Å²) >= 11 is 0. The third-order valence-electron chi connectivity index (χ3n) is 4.23. The molecular weight excluding hydrogens is 292 g/mol. The van der Waals surface area contributed by atoms with Crippen LogP contribution in [0.4, 0.5) is 0 Å². The molecule has 1 saturated heterocycles. The third-order valence-corrected chi connectivity index (χ3v) is 4.23. The average Bonchev–Trinajstić information content (AvgIpc) is 2.55. The molecule has 1 atom stereocenters. The molecule has 0 radical (unpaired) electrons. The fourth-order valence-corrected chi connectivity index (χ4v) is 2.87. The summed E-state index contributed by atoms with van der Waals surface area (Å²) in [6.45, 7) is 8.47. The molecule has 1 fully saturated rings. The zero-order valence-electron chi connectivity index (χ0n) is 14.4. The van der Waals surface area contributed by atoms with Crippen molar-refractivity contribution >= 4 is 5.91 Å². The second-order valence-electron chi connectivity index (χ2n) is 6.08. The Kier molecular flexibility index (Phi) is 6.86. The molecule has 5 nitrogen and oxygen atoms in total. The molecule has 5 heteroatoms. The molecule has 1 amide bonds. The van der Waals surface area contributed by atoms with E-state index in [1.54, 1.807) is 7.11 Å². The van der Waals surface area contributed by atoms with Crippen LogP contribution in [0, 0.1) is 6.92 Å².